The normalized spacial score (nSPS) is 12.0. The number of carbonyl (C=O) groups is 1. The average Bonchev–Trinajstić information content (AvgIpc) is 2.36. The van der Waals surface area contributed by atoms with Crippen LogP contribution in [-0.2, 0) is 16.1 Å². The average molecular weight is 288 g/mol. The third kappa shape index (κ3) is 5.06. The molecule has 2 N–H and O–H groups in total. The predicted octanol–water partition coefficient (Wildman–Crippen LogP) is 1.36. The minimum atomic E-state index is -0.256. The summed E-state index contributed by atoms with van der Waals surface area (Å²) in [7, 11) is 1.57. The monoisotopic (exact) mass is 287 g/mol. The lowest BCUT2D eigenvalue weighted by atomic mass is 10.2. The first-order chi connectivity index (χ1) is 9.08. The summed E-state index contributed by atoms with van der Waals surface area (Å²) in [6.07, 6.45) is 0. The summed E-state index contributed by atoms with van der Waals surface area (Å²) < 4.78 is 10.3. The fraction of sp³-hybridized carbons (Fsp3) is 0.462. The highest BCUT2D eigenvalue weighted by Crippen LogP contribution is 2.26. The van der Waals surface area contributed by atoms with Gasteiger partial charge in [-0.3, -0.25) is 4.79 Å². The zero-order valence-corrected chi connectivity index (χ0v) is 11.7. The molecule has 0 saturated carbocycles. The number of amides is 1. The number of aliphatic hydroxyl groups is 1. The van der Waals surface area contributed by atoms with Gasteiger partial charge in [-0.1, -0.05) is 17.7 Å². The van der Waals surface area contributed by atoms with Gasteiger partial charge in [0.2, 0.25) is 0 Å². The third-order valence-electron chi connectivity index (χ3n) is 2.42. The van der Waals surface area contributed by atoms with E-state index in [0.717, 1.165) is 0 Å². The SMILES string of the molecule is COCC(C)NC(=O)COc1cccc(Cl)c1CO. The molecule has 6 heteroatoms. The van der Waals surface area contributed by atoms with Gasteiger partial charge in [0.05, 0.1) is 13.2 Å². The molecule has 1 aromatic rings. The maximum atomic E-state index is 11.6. The molecule has 1 unspecified atom stereocenters. The van der Waals surface area contributed by atoms with Crippen LogP contribution in [-0.4, -0.2) is 37.4 Å². The van der Waals surface area contributed by atoms with Crippen LogP contribution in [0.25, 0.3) is 0 Å². The van der Waals surface area contributed by atoms with Crippen LogP contribution in [0, 0.1) is 0 Å². The number of carbonyl (C=O) groups excluding carboxylic acids is 1. The highest BCUT2D eigenvalue weighted by atomic mass is 35.5. The number of benzene rings is 1. The number of hydrogen-bond donors (Lipinski definition) is 2. The zero-order valence-electron chi connectivity index (χ0n) is 11.0. The van der Waals surface area contributed by atoms with Crippen molar-refractivity contribution in [2.24, 2.45) is 0 Å². The molecule has 106 valence electrons. The quantitative estimate of drug-likeness (QED) is 0.795. The van der Waals surface area contributed by atoms with Crippen LogP contribution in [0.4, 0.5) is 0 Å². The molecule has 0 aliphatic heterocycles. The molecule has 0 saturated heterocycles. The predicted molar refractivity (Wildman–Crippen MR) is 72.4 cm³/mol. The Bertz CT molecular complexity index is 425. The van der Waals surface area contributed by atoms with Gasteiger partial charge < -0.3 is 19.9 Å². The summed E-state index contributed by atoms with van der Waals surface area (Å²) in [6.45, 7) is 1.89. The van der Waals surface area contributed by atoms with Crippen molar-refractivity contribution in [2.75, 3.05) is 20.3 Å². The molecule has 19 heavy (non-hydrogen) atoms. The molecule has 0 bridgehead atoms. The van der Waals surface area contributed by atoms with E-state index >= 15 is 0 Å². The first-order valence-electron chi connectivity index (χ1n) is 5.87. The van der Waals surface area contributed by atoms with Crippen molar-refractivity contribution in [1.29, 1.82) is 0 Å². The molecular weight excluding hydrogens is 270 g/mol. The molecular formula is C13H18ClNO4. The van der Waals surface area contributed by atoms with E-state index in [9.17, 15) is 9.90 Å². The number of nitrogens with one attached hydrogen (secondary N) is 1. The van der Waals surface area contributed by atoms with E-state index in [1.165, 1.54) is 0 Å². The standard InChI is InChI=1S/C13H18ClNO4/c1-9(7-18-2)15-13(17)8-19-12-5-3-4-11(14)10(12)6-16/h3-5,9,16H,6-8H2,1-2H3,(H,15,17). The zero-order chi connectivity index (χ0) is 14.3. The van der Waals surface area contributed by atoms with E-state index in [1.807, 2.05) is 6.92 Å². The number of aliphatic hydroxyl groups excluding tert-OH is 1. The van der Waals surface area contributed by atoms with Gasteiger partial charge in [0, 0.05) is 23.7 Å². The number of methoxy groups -OCH3 is 1. The molecule has 1 rings (SSSR count). The van der Waals surface area contributed by atoms with E-state index in [2.05, 4.69) is 5.32 Å². The Labute approximate surface area is 117 Å². The van der Waals surface area contributed by atoms with Gasteiger partial charge in [-0.2, -0.15) is 0 Å². The van der Waals surface area contributed by atoms with Crippen molar-refractivity contribution >= 4 is 17.5 Å². The fourth-order valence-electron chi connectivity index (χ4n) is 1.58. The molecule has 1 aromatic carbocycles. The lowest BCUT2D eigenvalue weighted by Crippen LogP contribution is -2.38. The first-order valence-corrected chi connectivity index (χ1v) is 6.25. The molecule has 0 heterocycles. The molecule has 0 spiro atoms. The number of ether oxygens (including phenoxy) is 2. The Kier molecular flexibility index (Phi) is 6.62. The lowest BCUT2D eigenvalue weighted by Gasteiger charge is -2.14. The minimum absolute atomic E-state index is 0.0854. The van der Waals surface area contributed by atoms with Gasteiger partial charge in [-0.05, 0) is 19.1 Å². The van der Waals surface area contributed by atoms with E-state index in [4.69, 9.17) is 21.1 Å². The summed E-state index contributed by atoms with van der Waals surface area (Å²) in [5, 5.41) is 12.3. The molecule has 0 aromatic heterocycles. The van der Waals surface area contributed by atoms with Crippen molar-refractivity contribution in [3.05, 3.63) is 28.8 Å². The fourth-order valence-corrected chi connectivity index (χ4v) is 1.80. The lowest BCUT2D eigenvalue weighted by molar-refractivity contribution is -0.124. The summed E-state index contributed by atoms with van der Waals surface area (Å²) >= 11 is 5.91. The van der Waals surface area contributed by atoms with Gasteiger partial charge >= 0.3 is 0 Å². The highest BCUT2D eigenvalue weighted by molar-refractivity contribution is 6.31. The Morgan fingerprint density at radius 1 is 1.53 bits per heavy atom. The summed E-state index contributed by atoms with van der Waals surface area (Å²) in [5.41, 5.74) is 0.474. The molecule has 5 nitrogen and oxygen atoms in total. The van der Waals surface area contributed by atoms with Gasteiger partial charge in [0.1, 0.15) is 5.75 Å². The van der Waals surface area contributed by atoms with Gasteiger partial charge in [-0.15, -0.1) is 0 Å². The van der Waals surface area contributed by atoms with Crippen molar-refractivity contribution in [3.63, 3.8) is 0 Å². The number of halogens is 1. The topological polar surface area (TPSA) is 67.8 Å². The molecule has 1 amide bonds. The van der Waals surface area contributed by atoms with Crippen LogP contribution in [0.3, 0.4) is 0 Å². The maximum Gasteiger partial charge on any atom is 0.258 e. The first kappa shape index (κ1) is 15.8. The van der Waals surface area contributed by atoms with Crippen molar-refractivity contribution in [1.82, 2.24) is 5.32 Å². The van der Waals surface area contributed by atoms with Gasteiger partial charge in [0.15, 0.2) is 6.61 Å². The molecule has 0 radical (unpaired) electrons. The maximum absolute atomic E-state index is 11.6. The van der Waals surface area contributed by atoms with Crippen molar-refractivity contribution < 1.29 is 19.4 Å². The van der Waals surface area contributed by atoms with Crippen LogP contribution in [0.15, 0.2) is 18.2 Å². The molecule has 0 fully saturated rings. The van der Waals surface area contributed by atoms with Crippen molar-refractivity contribution in [2.45, 2.75) is 19.6 Å². The van der Waals surface area contributed by atoms with E-state index in [-0.39, 0.29) is 25.2 Å². The molecule has 0 aliphatic rings. The Morgan fingerprint density at radius 2 is 2.26 bits per heavy atom. The Morgan fingerprint density at radius 3 is 2.89 bits per heavy atom. The number of hydrogen-bond acceptors (Lipinski definition) is 4. The van der Waals surface area contributed by atoms with Crippen molar-refractivity contribution in [3.8, 4) is 5.75 Å². The Hall–Kier alpha value is -1.30. The van der Waals surface area contributed by atoms with Gasteiger partial charge in [0.25, 0.3) is 5.91 Å². The minimum Gasteiger partial charge on any atom is -0.483 e. The van der Waals surface area contributed by atoms with E-state index in [0.29, 0.717) is 22.9 Å². The van der Waals surface area contributed by atoms with Crippen LogP contribution in [0.2, 0.25) is 5.02 Å². The smallest absolute Gasteiger partial charge is 0.258 e. The molecule has 0 aliphatic carbocycles. The third-order valence-corrected chi connectivity index (χ3v) is 2.77. The van der Waals surface area contributed by atoms with E-state index < -0.39 is 0 Å². The largest absolute Gasteiger partial charge is 0.483 e. The summed E-state index contributed by atoms with van der Waals surface area (Å²) in [4.78, 5) is 11.6. The van der Waals surface area contributed by atoms with Crippen LogP contribution in [0.5, 0.6) is 5.75 Å². The number of rotatable bonds is 7. The second-order valence-corrected chi connectivity index (χ2v) is 4.49. The van der Waals surface area contributed by atoms with Crippen LogP contribution < -0.4 is 10.1 Å². The van der Waals surface area contributed by atoms with E-state index in [1.54, 1.807) is 25.3 Å². The van der Waals surface area contributed by atoms with Gasteiger partial charge in [-0.25, -0.2) is 0 Å². The second kappa shape index (κ2) is 7.99. The molecule has 1 atom stereocenters. The second-order valence-electron chi connectivity index (χ2n) is 4.09. The van der Waals surface area contributed by atoms with Crippen LogP contribution >= 0.6 is 11.6 Å². The van der Waals surface area contributed by atoms with Crippen LogP contribution in [0.1, 0.15) is 12.5 Å². The summed E-state index contributed by atoms with van der Waals surface area (Å²) in [5.74, 6) is 0.151. The summed E-state index contributed by atoms with van der Waals surface area (Å²) in [6, 6.07) is 4.92. The Balaban J connectivity index is 2.53. The highest BCUT2D eigenvalue weighted by Gasteiger charge is 2.11.